The van der Waals surface area contributed by atoms with Crippen LogP contribution >= 0.6 is 0 Å². The van der Waals surface area contributed by atoms with Gasteiger partial charge in [-0.15, -0.1) is 0 Å². The number of hydrogen-bond donors (Lipinski definition) is 0. The van der Waals surface area contributed by atoms with Gasteiger partial charge >= 0.3 is 0 Å². The second kappa shape index (κ2) is 5.18. The smallest absolute Gasteiger partial charge is 0.167 e. The number of Topliss-reactive ketones (excluding diaryl/α,β-unsaturated/α-hetero) is 1. The third-order valence-electron chi connectivity index (χ3n) is 4.91. The third kappa shape index (κ3) is 2.55. The van der Waals surface area contributed by atoms with Crippen LogP contribution in [0.25, 0.3) is 0 Å². The summed E-state index contributed by atoms with van der Waals surface area (Å²) in [5.41, 5.74) is 3.92. The van der Waals surface area contributed by atoms with Gasteiger partial charge in [0.25, 0.3) is 0 Å². The molecule has 1 saturated carbocycles. The van der Waals surface area contributed by atoms with Gasteiger partial charge in [0.1, 0.15) is 0 Å². The zero-order chi connectivity index (χ0) is 14.2. The SMILES string of the molecule is O=C(c1ccn(CC2CCCc3ccccc32)c1)C1CC1. The molecule has 2 nitrogen and oxygen atoms in total. The largest absolute Gasteiger partial charge is 0.353 e. The van der Waals surface area contributed by atoms with Gasteiger partial charge in [-0.1, -0.05) is 24.3 Å². The molecule has 2 heteroatoms. The lowest BCUT2D eigenvalue weighted by molar-refractivity contribution is 0.0967. The Morgan fingerprint density at radius 1 is 1.14 bits per heavy atom. The molecule has 2 aromatic rings. The van der Waals surface area contributed by atoms with Crippen molar-refractivity contribution in [2.24, 2.45) is 5.92 Å². The minimum absolute atomic E-state index is 0.316. The summed E-state index contributed by atoms with van der Waals surface area (Å²) in [5.74, 6) is 1.25. The number of aromatic nitrogens is 1. The van der Waals surface area contributed by atoms with Crippen molar-refractivity contribution in [1.82, 2.24) is 4.57 Å². The summed E-state index contributed by atoms with van der Waals surface area (Å²) < 4.78 is 2.21. The molecule has 2 aliphatic rings. The minimum atomic E-state index is 0.316. The molecule has 4 rings (SSSR count). The van der Waals surface area contributed by atoms with E-state index in [0.717, 1.165) is 24.9 Å². The average molecular weight is 279 g/mol. The monoisotopic (exact) mass is 279 g/mol. The molecular formula is C19H21NO. The summed E-state index contributed by atoms with van der Waals surface area (Å²) in [6.45, 7) is 0.995. The first-order chi connectivity index (χ1) is 10.3. The van der Waals surface area contributed by atoms with E-state index in [-0.39, 0.29) is 0 Å². The number of fused-ring (bicyclic) bond motifs is 1. The molecule has 1 aromatic heterocycles. The van der Waals surface area contributed by atoms with Crippen molar-refractivity contribution in [3.63, 3.8) is 0 Å². The van der Waals surface area contributed by atoms with E-state index >= 15 is 0 Å². The average Bonchev–Trinajstić information content (AvgIpc) is 3.27. The van der Waals surface area contributed by atoms with Gasteiger partial charge in [0.05, 0.1) is 0 Å². The Bertz CT molecular complexity index is 666. The topological polar surface area (TPSA) is 22.0 Å². The Kier molecular flexibility index (Phi) is 3.17. The molecule has 1 atom stereocenters. The van der Waals surface area contributed by atoms with E-state index in [9.17, 15) is 4.79 Å². The molecule has 1 unspecified atom stereocenters. The van der Waals surface area contributed by atoms with Crippen LogP contribution in [0.3, 0.4) is 0 Å². The van der Waals surface area contributed by atoms with Crippen molar-refractivity contribution < 1.29 is 4.79 Å². The molecule has 108 valence electrons. The fourth-order valence-corrected chi connectivity index (χ4v) is 3.58. The first-order valence-corrected chi connectivity index (χ1v) is 8.09. The summed E-state index contributed by atoms with van der Waals surface area (Å²) in [6.07, 6.45) is 10.0. The van der Waals surface area contributed by atoms with Crippen molar-refractivity contribution in [3.05, 3.63) is 59.4 Å². The van der Waals surface area contributed by atoms with Crippen LogP contribution in [0.4, 0.5) is 0 Å². The standard InChI is InChI=1S/C19H21NO/c21-19(15-8-9-15)17-10-11-20(13-17)12-16-6-3-5-14-4-1-2-7-18(14)16/h1-2,4,7,10-11,13,15-16H,3,5-6,8-9,12H2. The number of benzene rings is 1. The van der Waals surface area contributed by atoms with E-state index < -0.39 is 0 Å². The highest BCUT2D eigenvalue weighted by atomic mass is 16.1. The Labute approximate surface area is 125 Å². The van der Waals surface area contributed by atoms with Crippen molar-refractivity contribution in [3.8, 4) is 0 Å². The number of hydrogen-bond acceptors (Lipinski definition) is 1. The molecule has 0 radical (unpaired) electrons. The summed E-state index contributed by atoms with van der Waals surface area (Å²) in [6, 6.07) is 10.8. The van der Waals surface area contributed by atoms with E-state index in [1.54, 1.807) is 0 Å². The first-order valence-electron chi connectivity index (χ1n) is 8.09. The summed E-state index contributed by atoms with van der Waals surface area (Å²) in [5, 5.41) is 0. The molecule has 0 aliphatic heterocycles. The van der Waals surface area contributed by atoms with E-state index in [0.29, 0.717) is 17.6 Å². The van der Waals surface area contributed by atoms with Gasteiger partial charge in [-0.05, 0) is 49.3 Å². The van der Waals surface area contributed by atoms with Crippen LogP contribution in [0.1, 0.15) is 53.1 Å². The Balaban J connectivity index is 1.53. The van der Waals surface area contributed by atoms with Crippen LogP contribution in [0.15, 0.2) is 42.7 Å². The lowest BCUT2D eigenvalue weighted by Crippen LogP contribution is -2.14. The van der Waals surface area contributed by atoms with Gasteiger partial charge in [0.15, 0.2) is 5.78 Å². The summed E-state index contributed by atoms with van der Waals surface area (Å²) in [7, 11) is 0. The maximum Gasteiger partial charge on any atom is 0.167 e. The highest BCUT2D eigenvalue weighted by Gasteiger charge is 2.30. The van der Waals surface area contributed by atoms with Gasteiger partial charge in [0, 0.05) is 36.3 Å². The van der Waals surface area contributed by atoms with Crippen LogP contribution in [0, 0.1) is 5.92 Å². The fraction of sp³-hybridized carbons (Fsp3) is 0.421. The second-order valence-electron chi connectivity index (χ2n) is 6.52. The van der Waals surface area contributed by atoms with E-state index in [4.69, 9.17) is 0 Å². The first kappa shape index (κ1) is 12.9. The molecule has 0 bridgehead atoms. The molecular weight excluding hydrogens is 258 g/mol. The summed E-state index contributed by atoms with van der Waals surface area (Å²) >= 11 is 0. The number of nitrogens with zero attached hydrogens (tertiary/aromatic N) is 1. The van der Waals surface area contributed by atoms with Crippen molar-refractivity contribution >= 4 is 5.78 Å². The summed E-state index contributed by atoms with van der Waals surface area (Å²) in [4.78, 5) is 12.1. The van der Waals surface area contributed by atoms with Crippen molar-refractivity contribution in [1.29, 1.82) is 0 Å². The molecule has 0 amide bonds. The van der Waals surface area contributed by atoms with Gasteiger partial charge < -0.3 is 4.57 Å². The number of ketones is 1. The van der Waals surface area contributed by atoms with Crippen LogP contribution in [-0.4, -0.2) is 10.4 Å². The van der Waals surface area contributed by atoms with E-state index in [1.165, 1.54) is 30.4 Å². The minimum Gasteiger partial charge on any atom is -0.353 e. The third-order valence-corrected chi connectivity index (χ3v) is 4.91. The maximum atomic E-state index is 12.1. The Hall–Kier alpha value is -1.83. The number of carbonyl (C=O) groups is 1. The predicted octanol–water partition coefficient (Wildman–Crippen LogP) is 4.20. The molecule has 1 fully saturated rings. The molecule has 2 aliphatic carbocycles. The van der Waals surface area contributed by atoms with Gasteiger partial charge in [-0.2, -0.15) is 0 Å². The van der Waals surface area contributed by atoms with Crippen LogP contribution < -0.4 is 0 Å². The Morgan fingerprint density at radius 3 is 2.86 bits per heavy atom. The van der Waals surface area contributed by atoms with Crippen LogP contribution in [-0.2, 0) is 13.0 Å². The van der Waals surface area contributed by atoms with Gasteiger partial charge in [0.2, 0.25) is 0 Å². The number of carbonyl (C=O) groups excluding carboxylic acids is 1. The van der Waals surface area contributed by atoms with Crippen molar-refractivity contribution in [2.75, 3.05) is 0 Å². The lowest BCUT2D eigenvalue weighted by atomic mass is 9.83. The molecule has 1 aromatic carbocycles. The highest BCUT2D eigenvalue weighted by molar-refractivity contribution is 5.99. The highest BCUT2D eigenvalue weighted by Crippen LogP contribution is 2.34. The zero-order valence-electron chi connectivity index (χ0n) is 12.3. The quantitative estimate of drug-likeness (QED) is 0.769. The molecule has 0 saturated heterocycles. The molecule has 1 heterocycles. The second-order valence-corrected chi connectivity index (χ2v) is 6.52. The number of aryl methyl sites for hydroxylation is 1. The van der Waals surface area contributed by atoms with Crippen LogP contribution in [0.2, 0.25) is 0 Å². The predicted molar refractivity (Wildman–Crippen MR) is 83.6 cm³/mol. The zero-order valence-corrected chi connectivity index (χ0v) is 12.3. The fourth-order valence-electron chi connectivity index (χ4n) is 3.58. The molecule has 0 spiro atoms. The molecule has 0 N–H and O–H groups in total. The number of rotatable bonds is 4. The van der Waals surface area contributed by atoms with Crippen molar-refractivity contribution in [2.45, 2.75) is 44.6 Å². The normalized spacial score (nSPS) is 21.0. The molecule has 21 heavy (non-hydrogen) atoms. The van der Waals surface area contributed by atoms with E-state index in [2.05, 4.69) is 41.2 Å². The van der Waals surface area contributed by atoms with Gasteiger partial charge in [-0.25, -0.2) is 0 Å². The maximum absolute atomic E-state index is 12.1. The Morgan fingerprint density at radius 2 is 2.00 bits per heavy atom. The van der Waals surface area contributed by atoms with Crippen LogP contribution in [0.5, 0.6) is 0 Å². The van der Waals surface area contributed by atoms with Gasteiger partial charge in [-0.3, -0.25) is 4.79 Å². The lowest BCUT2D eigenvalue weighted by Gasteiger charge is -2.25. The van der Waals surface area contributed by atoms with E-state index in [1.807, 2.05) is 6.07 Å².